The van der Waals surface area contributed by atoms with Gasteiger partial charge in [0.1, 0.15) is 0 Å². The maximum Gasteiger partial charge on any atom is 0.220 e. The first kappa shape index (κ1) is 12.7. The van der Waals surface area contributed by atoms with Gasteiger partial charge in [0.15, 0.2) is 0 Å². The number of carbonyl (C=O) groups is 1. The van der Waals surface area contributed by atoms with E-state index in [0.29, 0.717) is 18.9 Å². The van der Waals surface area contributed by atoms with Gasteiger partial charge in [0.2, 0.25) is 5.91 Å². The van der Waals surface area contributed by atoms with E-state index in [2.05, 4.69) is 29.6 Å². The quantitative estimate of drug-likeness (QED) is 0.849. The summed E-state index contributed by atoms with van der Waals surface area (Å²) in [6, 6.07) is 8.44. The Morgan fingerprint density at radius 3 is 2.89 bits per heavy atom. The molecule has 1 amide bonds. The SMILES string of the molecule is O=C(CC1CCc2ccccc21)NCC1(CO)CC1. The topological polar surface area (TPSA) is 49.3 Å². The van der Waals surface area contributed by atoms with Crippen LogP contribution in [0.1, 0.15) is 42.7 Å². The Morgan fingerprint density at radius 1 is 1.37 bits per heavy atom. The summed E-state index contributed by atoms with van der Waals surface area (Å²) in [6.07, 6.45) is 4.83. The molecule has 0 saturated heterocycles. The average molecular weight is 259 g/mol. The van der Waals surface area contributed by atoms with Gasteiger partial charge in [0.25, 0.3) is 0 Å². The number of aliphatic hydroxyl groups excluding tert-OH is 1. The van der Waals surface area contributed by atoms with Crippen LogP contribution in [0.15, 0.2) is 24.3 Å². The van der Waals surface area contributed by atoms with Crippen molar-refractivity contribution in [2.45, 2.75) is 38.0 Å². The Bertz CT molecular complexity index is 479. The number of hydrogen-bond donors (Lipinski definition) is 2. The van der Waals surface area contributed by atoms with Crippen LogP contribution in [0.5, 0.6) is 0 Å². The molecule has 0 aliphatic heterocycles. The van der Waals surface area contributed by atoms with E-state index in [4.69, 9.17) is 0 Å². The number of hydrogen-bond acceptors (Lipinski definition) is 2. The first-order chi connectivity index (χ1) is 9.22. The molecule has 3 nitrogen and oxygen atoms in total. The minimum Gasteiger partial charge on any atom is -0.396 e. The van der Waals surface area contributed by atoms with Gasteiger partial charge in [-0.25, -0.2) is 0 Å². The largest absolute Gasteiger partial charge is 0.396 e. The molecule has 1 aromatic carbocycles. The predicted molar refractivity (Wildman–Crippen MR) is 73.9 cm³/mol. The highest BCUT2D eigenvalue weighted by molar-refractivity contribution is 5.77. The zero-order valence-electron chi connectivity index (χ0n) is 11.2. The molecule has 3 rings (SSSR count). The normalized spacial score (nSPS) is 22.9. The molecule has 1 fully saturated rings. The van der Waals surface area contributed by atoms with Crippen LogP contribution < -0.4 is 5.32 Å². The lowest BCUT2D eigenvalue weighted by Gasteiger charge is -2.15. The summed E-state index contributed by atoms with van der Waals surface area (Å²) in [7, 11) is 0. The maximum absolute atomic E-state index is 12.0. The third-order valence-electron chi connectivity index (χ3n) is 4.64. The highest BCUT2D eigenvalue weighted by atomic mass is 16.3. The lowest BCUT2D eigenvalue weighted by molar-refractivity contribution is -0.121. The van der Waals surface area contributed by atoms with E-state index < -0.39 is 0 Å². The van der Waals surface area contributed by atoms with E-state index in [1.807, 2.05) is 0 Å². The second kappa shape index (κ2) is 4.97. The van der Waals surface area contributed by atoms with E-state index in [1.54, 1.807) is 0 Å². The van der Waals surface area contributed by atoms with Gasteiger partial charge in [-0.3, -0.25) is 4.79 Å². The first-order valence-corrected chi connectivity index (χ1v) is 7.18. The van der Waals surface area contributed by atoms with Gasteiger partial charge in [0.05, 0.1) is 6.61 Å². The second-order valence-electron chi connectivity index (χ2n) is 6.07. The van der Waals surface area contributed by atoms with Gasteiger partial charge in [-0.2, -0.15) is 0 Å². The van der Waals surface area contributed by atoms with Crippen LogP contribution in [0.2, 0.25) is 0 Å². The molecule has 3 heteroatoms. The molecular weight excluding hydrogens is 238 g/mol. The standard InChI is InChI=1S/C16H21NO2/c18-11-16(7-8-16)10-17-15(19)9-13-6-5-12-3-1-2-4-14(12)13/h1-4,13,18H,5-11H2,(H,17,19). The van der Waals surface area contributed by atoms with Crippen molar-refractivity contribution in [3.05, 3.63) is 35.4 Å². The van der Waals surface area contributed by atoms with Crippen LogP contribution in [0.3, 0.4) is 0 Å². The van der Waals surface area contributed by atoms with E-state index in [9.17, 15) is 9.90 Å². The number of nitrogens with one attached hydrogen (secondary N) is 1. The maximum atomic E-state index is 12.0. The van der Waals surface area contributed by atoms with Crippen molar-refractivity contribution >= 4 is 5.91 Å². The second-order valence-corrected chi connectivity index (χ2v) is 6.07. The van der Waals surface area contributed by atoms with Crippen molar-refractivity contribution in [2.75, 3.05) is 13.2 Å². The van der Waals surface area contributed by atoms with Crippen LogP contribution in [0, 0.1) is 5.41 Å². The van der Waals surface area contributed by atoms with E-state index in [-0.39, 0.29) is 17.9 Å². The minimum absolute atomic E-state index is 0.00322. The third kappa shape index (κ3) is 2.66. The number of aliphatic hydroxyl groups is 1. The number of aryl methyl sites for hydroxylation is 1. The van der Waals surface area contributed by atoms with Crippen molar-refractivity contribution in [3.8, 4) is 0 Å². The summed E-state index contributed by atoms with van der Waals surface area (Å²) in [4.78, 5) is 12.0. The number of fused-ring (bicyclic) bond motifs is 1. The molecular formula is C16H21NO2. The Labute approximate surface area is 114 Å². The molecule has 0 aromatic heterocycles. The number of carbonyl (C=O) groups excluding carboxylic acids is 1. The fourth-order valence-corrected chi connectivity index (χ4v) is 3.01. The van der Waals surface area contributed by atoms with Crippen molar-refractivity contribution in [1.29, 1.82) is 0 Å². The Kier molecular flexibility index (Phi) is 3.31. The minimum atomic E-state index is 0.00322. The van der Waals surface area contributed by atoms with E-state index in [1.165, 1.54) is 11.1 Å². The van der Waals surface area contributed by atoms with E-state index in [0.717, 1.165) is 25.7 Å². The molecule has 2 N–H and O–H groups in total. The monoisotopic (exact) mass is 259 g/mol. The molecule has 0 radical (unpaired) electrons. The van der Waals surface area contributed by atoms with Crippen LogP contribution in [0.25, 0.3) is 0 Å². The zero-order chi connectivity index (χ0) is 13.3. The van der Waals surface area contributed by atoms with Crippen LogP contribution in [0.4, 0.5) is 0 Å². The molecule has 2 aliphatic rings. The highest BCUT2D eigenvalue weighted by Gasteiger charge is 2.42. The van der Waals surface area contributed by atoms with Gasteiger partial charge in [-0.1, -0.05) is 24.3 Å². The summed E-state index contributed by atoms with van der Waals surface area (Å²) in [5.74, 6) is 0.502. The Balaban J connectivity index is 1.53. The van der Waals surface area contributed by atoms with Crippen LogP contribution >= 0.6 is 0 Å². The molecule has 0 spiro atoms. The smallest absolute Gasteiger partial charge is 0.220 e. The number of rotatable bonds is 5. The third-order valence-corrected chi connectivity index (χ3v) is 4.64. The number of benzene rings is 1. The fraction of sp³-hybridized carbons (Fsp3) is 0.562. The molecule has 1 unspecified atom stereocenters. The zero-order valence-corrected chi connectivity index (χ0v) is 11.2. The van der Waals surface area contributed by atoms with E-state index >= 15 is 0 Å². The summed E-state index contributed by atoms with van der Waals surface area (Å²) in [6.45, 7) is 0.830. The molecule has 1 aromatic rings. The summed E-state index contributed by atoms with van der Waals surface area (Å²) < 4.78 is 0. The molecule has 0 heterocycles. The molecule has 19 heavy (non-hydrogen) atoms. The number of amides is 1. The molecule has 1 saturated carbocycles. The summed E-state index contributed by atoms with van der Waals surface area (Å²) in [5.41, 5.74) is 2.75. The van der Waals surface area contributed by atoms with Crippen molar-refractivity contribution in [3.63, 3.8) is 0 Å². The molecule has 2 aliphatic carbocycles. The summed E-state index contributed by atoms with van der Waals surface area (Å²) >= 11 is 0. The Hall–Kier alpha value is -1.35. The van der Waals surface area contributed by atoms with Crippen molar-refractivity contribution in [1.82, 2.24) is 5.32 Å². The highest BCUT2D eigenvalue weighted by Crippen LogP contribution is 2.44. The van der Waals surface area contributed by atoms with Gasteiger partial charge in [0, 0.05) is 18.4 Å². The van der Waals surface area contributed by atoms with Gasteiger partial charge in [-0.05, 0) is 42.7 Å². The lowest BCUT2D eigenvalue weighted by atomic mass is 9.97. The van der Waals surface area contributed by atoms with Gasteiger partial charge < -0.3 is 10.4 Å². The van der Waals surface area contributed by atoms with Crippen LogP contribution in [-0.2, 0) is 11.2 Å². The molecule has 102 valence electrons. The Morgan fingerprint density at radius 2 is 2.16 bits per heavy atom. The van der Waals surface area contributed by atoms with Crippen LogP contribution in [-0.4, -0.2) is 24.2 Å². The van der Waals surface area contributed by atoms with Gasteiger partial charge >= 0.3 is 0 Å². The fourth-order valence-electron chi connectivity index (χ4n) is 3.01. The predicted octanol–water partition coefficient (Wildman–Crippen LogP) is 2.00. The van der Waals surface area contributed by atoms with Gasteiger partial charge in [-0.15, -0.1) is 0 Å². The molecule has 0 bridgehead atoms. The average Bonchev–Trinajstić information content (AvgIpc) is 3.13. The summed E-state index contributed by atoms with van der Waals surface area (Å²) in [5, 5.41) is 12.2. The molecule has 1 atom stereocenters. The lowest BCUT2D eigenvalue weighted by Crippen LogP contribution is -2.32. The van der Waals surface area contributed by atoms with Crippen molar-refractivity contribution in [2.24, 2.45) is 5.41 Å². The first-order valence-electron chi connectivity index (χ1n) is 7.18. The van der Waals surface area contributed by atoms with Crippen molar-refractivity contribution < 1.29 is 9.90 Å².